The number of carbonyl (C=O) groups is 3. The Balaban J connectivity index is 1.31. The quantitative estimate of drug-likeness (QED) is 0.272. The summed E-state index contributed by atoms with van der Waals surface area (Å²) < 4.78 is 7.36. The van der Waals surface area contributed by atoms with Crippen molar-refractivity contribution in [3.63, 3.8) is 0 Å². The average Bonchev–Trinajstić information content (AvgIpc) is 3.57. The molecule has 1 fully saturated rings. The van der Waals surface area contributed by atoms with Gasteiger partial charge in [-0.2, -0.15) is 5.01 Å². The van der Waals surface area contributed by atoms with Crippen molar-refractivity contribution in [2.75, 3.05) is 5.75 Å². The van der Waals surface area contributed by atoms with Crippen LogP contribution in [-0.4, -0.2) is 43.4 Å². The van der Waals surface area contributed by atoms with Crippen LogP contribution >= 0.6 is 11.8 Å². The number of urea groups is 1. The molecule has 188 valence electrons. The van der Waals surface area contributed by atoms with E-state index in [9.17, 15) is 14.4 Å². The van der Waals surface area contributed by atoms with Gasteiger partial charge in [-0.05, 0) is 31.0 Å². The third kappa shape index (κ3) is 4.73. The Bertz CT molecular complexity index is 1450. The summed E-state index contributed by atoms with van der Waals surface area (Å²) in [6.45, 7) is 3.94. The molecule has 0 aliphatic carbocycles. The normalized spacial score (nSPS) is 17.2. The van der Waals surface area contributed by atoms with Crippen molar-refractivity contribution in [1.29, 1.82) is 0 Å². The Kier molecular flexibility index (Phi) is 6.53. The predicted molar refractivity (Wildman–Crippen MR) is 136 cm³/mol. The van der Waals surface area contributed by atoms with E-state index in [4.69, 9.17) is 4.42 Å². The van der Waals surface area contributed by atoms with Crippen LogP contribution in [0.1, 0.15) is 23.8 Å². The zero-order valence-corrected chi connectivity index (χ0v) is 21.0. The highest BCUT2D eigenvalue weighted by Gasteiger charge is 2.49. The topological polar surface area (TPSA) is 122 Å². The molecular weight excluding hydrogens is 492 g/mol. The van der Waals surface area contributed by atoms with Crippen molar-refractivity contribution >= 4 is 29.6 Å². The number of benzene rings is 2. The molecule has 2 N–H and O–H groups in total. The Morgan fingerprint density at radius 2 is 1.76 bits per heavy atom. The number of imide groups is 1. The first-order valence-electron chi connectivity index (χ1n) is 11.5. The molecule has 1 saturated heterocycles. The number of carbonyl (C=O) groups excluding carboxylic acids is 3. The van der Waals surface area contributed by atoms with Crippen molar-refractivity contribution in [2.24, 2.45) is 0 Å². The second kappa shape index (κ2) is 9.94. The van der Waals surface area contributed by atoms with E-state index < -0.39 is 23.4 Å². The minimum absolute atomic E-state index is 0.0869. The fourth-order valence-electron chi connectivity index (χ4n) is 4.12. The molecule has 4 amide bonds. The first-order valence-corrected chi connectivity index (χ1v) is 12.5. The molecule has 2 aromatic carbocycles. The van der Waals surface area contributed by atoms with Gasteiger partial charge >= 0.3 is 6.03 Å². The predicted octanol–water partition coefficient (Wildman–Crippen LogP) is 3.49. The number of furan rings is 1. The summed E-state index contributed by atoms with van der Waals surface area (Å²) in [5, 5.41) is 12.6. The zero-order valence-electron chi connectivity index (χ0n) is 20.2. The third-order valence-electron chi connectivity index (χ3n) is 6.11. The standard InChI is InChI=1S/C26H24N6O4S/c1-17-20(13-14-36-17)22-28-29-25(31(22)15-18-9-5-3-6-10-18)37-16-21(33)30-32-23(34)26(2,27-24(32)35)19-11-7-4-8-12-19/h3-14H,15-16H2,1-2H3,(H,27,35)(H,30,33)/t26-/m1/s1. The molecule has 0 radical (unpaired) electrons. The second-order valence-corrected chi connectivity index (χ2v) is 9.60. The van der Waals surface area contributed by atoms with Gasteiger partial charge in [-0.3, -0.25) is 19.6 Å². The highest BCUT2D eigenvalue weighted by Crippen LogP contribution is 2.29. The molecule has 1 aliphatic heterocycles. The van der Waals surface area contributed by atoms with Gasteiger partial charge in [0.15, 0.2) is 11.0 Å². The molecular formula is C26H24N6O4S. The lowest BCUT2D eigenvalue weighted by molar-refractivity contribution is -0.138. The number of aryl methyl sites for hydroxylation is 1. The number of amides is 4. The van der Waals surface area contributed by atoms with Gasteiger partial charge in [0.2, 0.25) is 5.91 Å². The van der Waals surface area contributed by atoms with E-state index in [-0.39, 0.29) is 5.75 Å². The highest BCUT2D eigenvalue weighted by molar-refractivity contribution is 7.99. The fourth-order valence-corrected chi connectivity index (χ4v) is 4.85. The molecule has 3 heterocycles. The first-order chi connectivity index (χ1) is 17.9. The average molecular weight is 517 g/mol. The largest absolute Gasteiger partial charge is 0.469 e. The Hall–Kier alpha value is -4.38. The number of aromatic nitrogens is 3. The number of nitrogens with zero attached hydrogens (tertiary/aromatic N) is 4. The smallest absolute Gasteiger partial charge is 0.344 e. The van der Waals surface area contributed by atoms with Crippen LogP contribution in [0.15, 0.2) is 82.6 Å². The molecule has 0 bridgehead atoms. The Morgan fingerprint density at radius 3 is 2.43 bits per heavy atom. The van der Waals surface area contributed by atoms with E-state index in [1.54, 1.807) is 37.5 Å². The van der Waals surface area contributed by atoms with Gasteiger partial charge in [0.05, 0.1) is 24.1 Å². The number of hydrogen-bond acceptors (Lipinski definition) is 7. The van der Waals surface area contributed by atoms with Crippen LogP contribution in [0, 0.1) is 6.92 Å². The number of thioether (sulfide) groups is 1. The van der Waals surface area contributed by atoms with Crippen LogP contribution in [0.5, 0.6) is 0 Å². The van der Waals surface area contributed by atoms with Crippen LogP contribution in [0.4, 0.5) is 4.79 Å². The number of rotatable bonds is 8. The first kappa shape index (κ1) is 24.3. The van der Waals surface area contributed by atoms with Gasteiger partial charge in [0.1, 0.15) is 11.3 Å². The summed E-state index contributed by atoms with van der Waals surface area (Å²) in [6.07, 6.45) is 1.59. The summed E-state index contributed by atoms with van der Waals surface area (Å²) in [7, 11) is 0. The van der Waals surface area contributed by atoms with Gasteiger partial charge in [-0.25, -0.2) is 4.79 Å². The summed E-state index contributed by atoms with van der Waals surface area (Å²) in [5.41, 5.74) is 3.62. The maximum atomic E-state index is 13.1. The van der Waals surface area contributed by atoms with Crippen molar-refractivity contribution in [2.45, 2.75) is 31.1 Å². The van der Waals surface area contributed by atoms with Gasteiger partial charge in [0, 0.05) is 0 Å². The monoisotopic (exact) mass is 516 g/mol. The molecule has 0 unspecified atom stereocenters. The number of hydrazine groups is 1. The number of nitrogens with one attached hydrogen (secondary N) is 2. The fraction of sp³-hybridized carbons (Fsp3) is 0.192. The van der Waals surface area contributed by atoms with E-state index >= 15 is 0 Å². The van der Waals surface area contributed by atoms with E-state index in [1.807, 2.05) is 54.0 Å². The van der Waals surface area contributed by atoms with Gasteiger partial charge in [-0.15, -0.1) is 10.2 Å². The van der Waals surface area contributed by atoms with E-state index in [2.05, 4.69) is 20.9 Å². The SMILES string of the molecule is Cc1occc1-c1nnc(SCC(=O)NN2C(=O)N[C@](C)(c3ccccc3)C2=O)n1Cc1ccccc1. The molecule has 11 heteroatoms. The van der Waals surface area contributed by atoms with Crippen LogP contribution in [0.25, 0.3) is 11.4 Å². The van der Waals surface area contributed by atoms with Gasteiger partial charge in [0.25, 0.3) is 5.91 Å². The Labute approximate surface area is 217 Å². The van der Waals surface area contributed by atoms with Crippen LogP contribution in [-0.2, 0) is 21.7 Å². The highest BCUT2D eigenvalue weighted by atomic mass is 32.2. The van der Waals surface area contributed by atoms with E-state index in [0.29, 0.717) is 28.8 Å². The van der Waals surface area contributed by atoms with Crippen molar-refractivity contribution in [3.05, 3.63) is 89.9 Å². The maximum Gasteiger partial charge on any atom is 0.344 e. The van der Waals surface area contributed by atoms with Crippen molar-refractivity contribution < 1.29 is 18.8 Å². The summed E-state index contributed by atoms with van der Waals surface area (Å²) in [4.78, 5) is 38.4. The van der Waals surface area contributed by atoms with Crippen LogP contribution < -0.4 is 10.7 Å². The molecule has 1 atom stereocenters. The lowest BCUT2D eigenvalue weighted by Gasteiger charge is -2.22. The van der Waals surface area contributed by atoms with Gasteiger partial charge < -0.3 is 9.73 Å². The van der Waals surface area contributed by atoms with Crippen molar-refractivity contribution in [3.8, 4) is 11.4 Å². The third-order valence-corrected chi connectivity index (χ3v) is 7.08. The zero-order chi connectivity index (χ0) is 26.0. The van der Waals surface area contributed by atoms with Crippen molar-refractivity contribution in [1.82, 2.24) is 30.5 Å². The summed E-state index contributed by atoms with van der Waals surface area (Å²) in [5.74, 6) is 0.144. The molecule has 0 saturated carbocycles. The molecule has 2 aromatic heterocycles. The van der Waals surface area contributed by atoms with Crippen LogP contribution in [0.2, 0.25) is 0 Å². The lowest BCUT2D eigenvalue weighted by atomic mass is 9.92. The second-order valence-electron chi connectivity index (χ2n) is 8.65. The lowest BCUT2D eigenvalue weighted by Crippen LogP contribution is -2.48. The summed E-state index contributed by atoms with van der Waals surface area (Å²) >= 11 is 1.16. The summed E-state index contributed by atoms with van der Waals surface area (Å²) in [6, 6.07) is 19.8. The van der Waals surface area contributed by atoms with Crippen LogP contribution in [0.3, 0.4) is 0 Å². The minimum atomic E-state index is -1.27. The van der Waals surface area contributed by atoms with E-state index in [1.165, 1.54) is 0 Å². The Morgan fingerprint density at radius 1 is 1.05 bits per heavy atom. The minimum Gasteiger partial charge on any atom is -0.469 e. The molecule has 37 heavy (non-hydrogen) atoms. The molecule has 1 aliphatic rings. The molecule has 10 nitrogen and oxygen atoms in total. The van der Waals surface area contributed by atoms with E-state index in [0.717, 1.165) is 27.9 Å². The van der Waals surface area contributed by atoms with Gasteiger partial charge in [-0.1, -0.05) is 72.4 Å². The maximum absolute atomic E-state index is 13.1. The molecule has 0 spiro atoms. The molecule has 5 rings (SSSR count). The molecule has 4 aromatic rings. The number of hydrogen-bond donors (Lipinski definition) is 2.